The number of aromatic nitrogens is 4. The number of aryl methyl sites for hydroxylation is 3. The van der Waals surface area contributed by atoms with Gasteiger partial charge in [-0.25, -0.2) is 4.98 Å². The van der Waals surface area contributed by atoms with Crippen molar-refractivity contribution in [3.63, 3.8) is 0 Å². The van der Waals surface area contributed by atoms with Crippen LogP contribution in [0.15, 0.2) is 11.2 Å². The van der Waals surface area contributed by atoms with E-state index in [0.717, 1.165) is 0 Å². The number of imidazole rings is 1. The molecule has 2 heterocycles. The SMILES string of the molecule is Cc1ncc(S(=O)(=O)Nc2c(C)n[nH]c2C)[nH]1. The molecule has 0 radical (unpaired) electrons. The third kappa shape index (κ3) is 2.16. The topological polar surface area (TPSA) is 104 Å². The van der Waals surface area contributed by atoms with Gasteiger partial charge in [0.25, 0.3) is 10.0 Å². The molecular formula is C9H13N5O2S. The lowest BCUT2D eigenvalue weighted by molar-refractivity contribution is 0.598. The summed E-state index contributed by atoms with van der Waals surface area (Å²) in [6.45, 7) is 5.16. The van der Waals surface area contributed by atoms with Gasteiger partial charge in [-0.15, -0.1) is 0 Å². The van der Waals surface area contributed by atoms with Gasteiger partial charge < -0.3 is 4.98 Å². The normalized spacial score (nSPS) is 11.7. The molecular weight excluding hydrogens is 242 g/mol. The fraction of sp³-hybridized carbons (Fsp3) is 0.333. The van der Waals surface area contributed by atoms with Gasteiger partial charge in [-0.3, -0.25) is 9.82 Å². The van der Waals surface area contributed by atoms with E-state index in [0.29, 0.717) is 22.9 Å². The van der Waals surface area contributed by atoms with E-state index in [-0.39, 0.29) is 5.03 Å². The average Bonchev–Trinajstić information content (AvgIpc) is 2.80. The fourth-order valence-electron chi connectivity index (χ4n) is 1.43. The first-order valence-electron chi connectivity index (χ1n) is 4.96. The molecule has 7 nitrogen and oxygen atoms in total. The van der Waals surface area contributed by atoms with Gasteiger partial charge in [-0.2, -0.15) is 13.5 Å². The van der Waals surface area contributed by atoms with E-state index >= 15 is 0 Å². The number of aromatic amines is 2. The summed E-state index contributed by atoms with van der Waals surface area (Å²) in [7, 11) is -3.64. The molecule has 0 aliphatic rings. The Morgan fingerprint density at radius 3 is 2.47 bits per heavy atom. The second-order valence-electron chi connectivity index (χ2n) is 3.75. The van der Waals surface area contributed by atoms with Crippen LogP contribution in [0.5, 0.6) is 0 Å². The first-order valence-corrected chi connectivity index (χ1v) is 6.44. The number of sulfonamides is 1. The predicted octanol–water partition coefficient (Wildman–Crippen LogP) is 0.859. The van der Waals surface area contributed by atoms with Crippen LogP contribution in [0.3, 0.4) is 0 Å². The van der Waals surface area contributed by atoms with Crippen molar-refractivity contribution in [1.29, 1.82) is 0 Å². The monoisotopic (exact) mass is 255 g/mol. The van der Waals surface area contributed by atoms with Gasteiger partial charge in [0.1, 0.15) is 5.82 Å². The standard InChI is InChI=1S/C9H13N5O2S/c1-5-9(6(2)13-12-5)14-17(15,16)8-4-10-7(3)11-8/h4,14H,1-3H3,(H,10,11)(H,12,13). The minimum absolute atomic E-state index is 0.0370. The maximum absolute atomic E-state index is 12.0. The van der Waals surface area contributed by atoms with Gasteiger partial charge in [-0.1, -0.05) is 0 Å². The highest BCUT2D eigenvalue weighted by atomic mass is 32.2. The number of rotatable bonds is 3. The van der Waals surface area contributed by atoms with E-state index < -0.39 is 10.0 Å². The zero-order valence-electron chi connectivity index (χ0n) is 9.70. The summed E-state index contributed by atoms with van der Waals surface area (Å²) in [5, 5.41) is 6.67. The third-order valence-corrected chi connectivity index (χ3v) is 3.59. The Morgan fingerprint density at radius 1 is 1.29 bits per heavy atom. The van der Waals surface area contributed by atoms with Gasteiger partial charge in [0, 0.05) is 0 Å². The first-order chi connectivity index (χ1) is 7.90. The highest BCUT2D eigenvalue weighted by Gasteiger charge is 2.19. The van der Waals surface area contributed by atoms with Crippen LogP contribution < -0.4 is 4.72 Å². The molecule has 0 aliphatic carbocycles. The molecule has 92 valence electrons. The molecule has 2 aromatic rings. The second-order valence-corrected chi connectivity index (χ2v) is 5.40. The van der Waals surface area contributed by atoms with Crippen LogP contribution in [0, 0.1) is 20.8 Å². The van der Waals surface area contributed by atoms with Gasteiger partial charge in [0.2, 0.25) is 0 Å². The van der Waals surface area contributed by atoms with Crippen molar-refractivity contribution in [2.45, 2.75) is 25.8 Å². The van der Waals surface area contributed by atoms with Crippen molar-refractivity contribution in [2.24, 2.45) is 0 Å². The molecule has 0 unspecified atom stereocenters. The predicted molar refractivity (Wildman–Crippen MR) is 62.2 cm³/mol. The van der Waals surface area contributed by atoms with E-state index in [2.05, 4.69) is 24.9 Å². The van der Waals surface area contributed by atoms with Gasteiger partial charge in [0.15, 0.2) is 5.03 Å². The van der Waals surface area contributed by atoms with Crippen LogP contribution in [-0.4, -0.2) is 28.6 Å². The van der Waals surface area contributed by atoms with E-state index in [1.807, 2.05) is 0 Å². The molecule has 0 saturated carbocycles. The molecule has 2 rings (SSSR count). The number of hydrogen-bond acceptors (Lipinski definition) is 4. The second kappa shape index (κ2) is 3.88. The summed E-state index contributed by atoms with van der Waals surface area (Å²) in [5.41, 5.74) is 1.74. The largest absolute Gasteiger partial charge is 0.332 e. The zero-order chi connectivity index (χ0) is 12.6. The maximum atomic E-state index is 12.0. The van der Waals surface area contributed by atoms with Crippen LogP contribution in [0.2, 0.25) is 0 Å². The smallest absolute Gasteiger partial charge is 0.279 e. The summed E-state index contributed by atoms with van der Waals surface area (Å²) < 4.78 is 26.5. The highest BCUT2D eigenvalue weighted by molar-refractivity contribution is 7.92. The number of hydrogen-bond donors (Lipinski definition) is 3. The van der Waals surface area contributed by atoms with Gasteiger partial charge in [0.05, 0.1) is 23.3 Å². The minimum Gasteiger partial charge on any atom is -0.332 e. The number of nitrogens with one attached hydrogen (secondary N) is 3. The van der Waals surface area contributed by atoms with E-state index in [1.165, 1.54) is 6.20 Å². The molecule has 17 heavy (non-hydrogen) atoms. The maximum Gasteiger partial charge on any atom is 0.279 e. The summed E-state index contributed by atoms with van der Waals surface area (Å²) in [6.07, 6.45) is 1.28. The Hall–Kier alpha value is -1.83. The number of H-pyrrole nitrogens is 2. The minimum atomic E-state index is -3.64. The van der Waals surface area contributed by atoms with Crippen molar-refractivity contribution in [3.8, 4) is 0 Å². The Balaban J connectivity index is 2.36. The molecule has 0 amide bonds. The van der Waals surface area contributed by atoms with Crippen LogP contribution in [0.25, 0.3) is 0 Å². The molecule has 3 N–H and O–H groups in total. The summed E-state index contributed by atoms with van der Waals surface area (Å²) >= 11 is 0. The molecule has 0 spiro atoms. The lowest BCUT2D eigenvalue weighted by Crippen LogP contribution is -2.14. The van der Waals surface area contributed by atoms with Crippen LogP contribution in [-0.2, 0) is 10.0 Å². The Morgan fingerprint density at radius 2 is 2.00 bits per heavy atom. The van der Waals surface area contributed by atoms with Crippen molar-refractivity contribution >= 4 is 15.7 Å². The summed E-state index contributed by atoms with van der Waals surface area (Å²) in [4.78, 5) is 6.53. The first kappa shape index (κ1) is 11.6. The molecule has 2 aromatic heterocycles. The Bertz CT molecular complexity index is 621. The highest BCUT2D eigenvalue weighted by Crippen LogP contribution is 2.20. The van der Waals surface area contributed by atoms with Crippen molar-refractivity contribution < 1.29 is 8.42 Å². The molecule has 0 atom stereocenters. The zero-order valence-corrected chi connectivity index (χ0v) is 10.5. The third-order valence-electron chi connectivity index (χ3n) is 2.33. The molecule has 0 bridgehead atoms. The molecule has 0 aromatic carbocycles. The molecule has 8 heteroatoms. The van der Waals surface area contributed by atoms with Crippen molar-refractivity contribution in [1.82, 2.24) is 20.2 Å². The molecule has 0 saturated heterocycles. The molecule has 0 fully saturated rings. The molecule has 0 aliphatic heterocycles. The van der Waals surface area contributed by atoms with Crippen molar-refractivity contribution in [2.75, 3.05) is 4.72 Å². The average molecular weight is 255 g/mol. The number of anilines is 1. The quantitative estimate of drug-likeness (QED) is 0.756. The van der Waals surface area contributed by atoms with Crippen LogP contribution in [0.4, 0.5) is 5.69 Å². The fourth-order valence-corrected chi connectivity index (χ4v) is 2.58. The van der Waals surface area contributed by atoms with Gasteiger partial charge in [-0.05, 0) is 20.8 Å². The van der Waals surface area contributed by atoms with Crippen LogP contribution in [0.1, 0.15) is 17.2 Å². The van der Waals surface area contributed by atoms with Crippen LogP contribution >= 0.6 is 0 Å². The van der Waals surface area contributed by atoms with Gasteiger partial charge >= 0.3 is 0 Å². The lowest BCUT2D eigenvalue weighted by Gasteiger charge is -2.05. The van der Waals surface area contributed by atoms with E-state index in [4.69, 9.17) is 0 Å². The lowest BCUT2D eigenvalue weighted by atomic mass is 10.3. The summed E-state index contributed by atoms with van der Waals surface area (Å²) in [6, 6.07) is 0. The summed E-state index contributed by atoms with van der Waals surface area (Å²) in [5.74, 6) is 0.547. The Labute approximate surface area is 98.7 Å². The number of nitrogens with zero attached hydrogens (tertiary/aromatic N) is 2. The Kier molecular flexibility index (Phi) is 2.66. The van der Waals surface area contributed by atoms with Crippen molar-refractivity contribution in [3.05, 3.63) is 23.4 Å². The van der Waals surface area contributed by atoms with E-state index in [1.54, 1.807) is 20.8 Å². The van der Waals surface area contributed by atoms with E-state index in [9.17, 15) is 8.42 Å².